The molecule has 18 heavy (non-hydrogen) atoms. The van der Waals surface area contributed by atoms with E-state index >= 15 is 0 Å². The fourth-order valence-electron chi connectivity index (χ4n) is 2.11. The Morgan fingerprint density at radius 3 is 2.67 bits per heavy atom. The number of hydrogen-bond acceptors (Lipinski definition) is 2. The summed E-state index contributed by atoms with van der Waals surface area (Å²) < 4.78 is 0. The summed E-state index contributed by atoms with van der Waals surface area (Å²) in [4.78, 5) is 4.39. The molecule has 0 bridgehead atoms. The smallest absolute Gasteiger partial charge is 0.0704 e. The Morgan fingerprint density at radius 1 is 1.22 bits per heavy atom. The first-order valence-electron chi connectivity index (χ1n) is 6.63. The lowest BCUT2D eigenvalue weighted by molar-refractivity contribution is 0.273. The van der Waals surface area contributed by atoms with Crippen molar-refractivity contribution < 1.29 is 0 Å². The molecule has 2 rings (SSSR count). The zero-order valence-corrected chi connectivity index (χ0v) is 11.5. The van der Waals surface area contributed by atoms with Gasteiger partial charge in [-0.25, -0.2) is 0 Å². The molecular formula is C16H22N2. The van der Waals surface area contributed by atoms with Gasteiger partial charge < -0.3 is 5.73 Å². The highest BCUT2D eigenvalue weighted by atomic mass is 14.7. The summed E-state index contributed by atoms with van der Waals surface area (Å²) in [5.74, 6) is 0. The summed E-state index contributed by atoms with van der Waals surface area (Å²) in [5, 5.41) is 1.22. The third kappa shape index (κ3) is 2.54. The van der Waals surface area contributed by atoms with Crippen LogP contribution in [0.5, 0.6) is 0 Å². The van der Waals surface area contributed by atoms with E-state index in [1.165, 1.54) is 10.9 Å². The molecule has 0 spiro atoms. The molecule has 0 saturated heterocycles. The molecule has 1 unspecified atom stereocenters. The fourth-order valence-corrected chi connectivity index (χ4v) is 2.11. The normalized spacial score (nSPS) is 13.8. The van der Waals surface area contributed by atoms with Crippen LogP contribution >= 0.6 is 0 Å². The monoisotopic (exact) mass is 242 g/mol. The Kier molecular flexibility index (Phi) is 3.67. The minimum atomic E-state index is 0.171. The van der Waals surface area contributed by atoms with Crippen molar-refractivity contribution >= 4 is 10.9 Å². The van der Waals surface area contributed by atoms with Gasteiger partial charge in [0.1, 0.15) is 0 Å². The minimum Gasteiger partial charge on any atom is -0.327 e. The van der Waals surface area contributed by atoms with Crippen molar-refractivity contribution in [2.24, 2.45) is 11.1 Å². The number of pyridine rings is 1. The molecule has 0 aliphatic rings. The highest BCUT2D eigenvalue weighted by molar-refractivity contribution is 5.81. The van der Waals surface area contributed by atoms with E-state index in [1.54, 1.807) is 0 Å². The molecule has 0 saturated carbocycles. The van der Waals surface area contributed by atoms with Crippen molar-refractivity contribution in [3.63, 3.8) is 0 Å². The average molecular weight is 242 g/mol. The second-order valence-corrected chi connectivity index (χ2v) is 5.64. The SMILES string of the molecule is CCC(C)(C)C(N)Cc1ccnc2ccccc12. The van der Waals surface area contributed by atoms with E-state index < -0.39 is 0 Å². The maximum atomic E-state index is 6.36. The molecule has 0 aliphatic heterocycles. The largest absolute Gasteiger partial charge is 0.327 e. The molecule has 1 aromatic carbocycles. The molecule has 1 aromatic heterocycles. The van der Waals surface area contributed by atoms with Gasteiger partial charge in [-0.1, -0.05) is 39.0 Å². The Morgan fingerprint density at radius 2 is 1.94 bits per heavy atom. The highest BCUT2D eigenvalue weighted by Gasteiger charge is 2.24. The quantitative estimate of drug-likeness (QED) is 0.890. The van der Waals surface area contributed by atoms with E-state index in [0.29, 0.717) is 0 Å². The first kappa shape index (κ1) is 13.0. The van der Waals surface area contributed by atoms with Gasteiger partial charge in [0.25, 0.3) is 0 Å². The van der Waals surface area contributed by atoms with Gasteiger partial charge in [0.2, 0.25) is 0 Å². The van der Waals surface area contributed by atoms with Gasteiger partial charge in [-0.05, 0) is 36.0 Å². The number of rotatable bonds is 4. The van der Waals surface area contributed by atoms with Crippen LogP contribution in [0, 0.1) is 5.41 Å². The van der Waals surface area contributed by atoms with Gasteiger partial charge in [0.05, 0.1) is 5.52 Å². The molecule has 0 amide bonds. The molecule has 96 valence electrons. The zero-order valence-electron chi connectivity index (χ0n) is 11.5. The summed E-state index contributed by atoms with van der Waals surface area (Å²) >= 11 is 0. The Balaban J connectivity index is 2.32. The van der Waals surface area contributed by atoms with Crippen molar-refractivity contribution in [2.45, 2.75) is 39.7 Å². The minimum absolute atomic E-state index is 0.171. The number of nitrogens with two attached hydrogens (primary N) is 1. The Bertz CT molecular complexity index is 526. The Labute approximate surface area is 109 Å². The van der Waals surface area contributed by atoms with Gasteiger partial charge in [0, 0.05) is 17.6 Å². The van der Waals surface area contributed by atoms with E-state index in [-0.39, 0.29) is 11.5 Å². The third-order valence-corrected chi connectivity index (χ3v) is 4.09. The van der Waals surface area contributed by atoms with Crippen molar-refractivity contribution in [1.82, 2.24) is 4.98 Å². The maximum absolute atomic E-state index is 6.36. The summed E-state index contributed by atoms with van der Waals surface area (Å²) in [6, 6.07) is 10.5. The van der Waals surface area contributed by atoms with Gasteiger partial charge in [-0.15, -0.1) is 0 Å². The topological polar surface area (TPSA) is 38.9 Å². The van der Waals surface area contributed by atoms with Crippen LogP contribution in [0.15, 0.2) is 36.5 Å². The molecule has 2 aromatic rings. The summed E-state index contributed by atoms with van der Waals surface area (Å²) in [6.45, 7) is 6.67. The molecular weight excluding hydrogens is 220 g/mol. The van der Waals surface area contributed by atoms with Crippen molar-refractivity contribution in [3.05, 3.63) is 42.1 Å². The molecule has 1 heterocycles. The molecule has 2 nitrogen and oxygen atoms in total. The highest BCUT2D eigenvalue weighted by Crippen LogP contribution is 2.27. The predicted octanol–water partition coefficient (Wildman–Crippen LogP) is 3.54. The van der Waals surface area contributed by atoms with E-state index in [9.17, 15) is 0 Å². The van der Waals surface area contributed by atoms with E-state index in [4.69, 9.17) is 5.73 Å². The molecule has 0 radical (unpaired) electrons. The molecule has 0 aliphatic carbocycles. The maximum Gasteiger partial charge on any atom is 0.0704 e. The van der Waals surface area contributed by atoms with Crippen LogP contribution in [0.2, 0.25) is 0 Å². The van der Waals surface area contributed by atoms with Crippen molar-refractivity contribution in [1.29, 1.82) is 0 Å². The van der Waals surface area contributed by atoms with Crippen molar-refractivity contribution in [3.8, 4) is 0 Å². The summed E-state index contributed by atoms with van der Waals surface area (Å²) in [7, 11) is 0. The molecule has 2 heteroatoms. The first-order chi connectivity index (χ1) is 8.54. The van der Waals surface area contributed by atoms with Crippen LogP contribution in [0.1, 0.15) is 32.8 Å². The lowest BCUT2D eigenvalue weighted by atomic mass is 9.79. The number of aromatic nitrogens is 1. The van der Waals surface area contributed by atoms with Crippen LogP contribution in [-0.4, -0.2) is 11.0 Å². The third-order valence-electron chi connectivity index (χ3n) is 4.09. The second-order valence-electron chi connectivity index (χ2n) is 5.64. The lowest BCUT2D eigenvalue weighted by Gasteiger charge is -2.30. The number of para-hydroxylation sites is 1. The number of nitrogens with zero attached hydrogens (tertiary/aromatic N) is 1. The summed E-state index contributed by atoms with van der Waals surface area (Å²) in [5.41, 5.74) is 8.89. The lowest BCUT2D eigenvalue weighted by Crippen LogP contribution is -2.38. The van der Waals surface area contributed by atoms with Crippen LogP contribution in [-0.2, 0) is 6.42 Å². The molecule has 0 fully saturated rings. The van der Waals surface area contributed by atoms with Gasteiger partial charge in [0.15, 0.2) is 0 Å². The number of hydrogen-bond donors (Lipinski definition) is 1. The van der Waals surface area contributed by atoms with Crippen molar-refractivity contribution in [2.75, 3.05) is 0 Å². The van der Waals surface area contributed by atoms with Gasteiger partial charge in [-0.3, -0.25) is 4.98 Å². The molecule has 2 N–H and O–H groups in total. The van der Waals surface area contributed by atoms with E-state index in [0.717, 1.165) is 18.4 Å². The van der Waals surface area contributed by atoms with Gasteiger partial charge >= 0.3 is 0 Å². The van der Waals surface area contributed by atoms with Crippen LogP contribution in [0.4, 0.5) is 0 Å². The first-order valence-corrected chi connectivity index (χ1v) is 6.63. The van der Waals surface area contributed by atoms with Crippen LogP contribution in [0.25, 0.3) is 10.9 Å². The van der Waals surface area contributed by atoms with Gasteiger partial charge in [-0.2, -0.15) is 0 Å². The average Bonchev–Trinajstić information content (AvgIpc) is 2.39. The van der Waals surface area contributed by atoms with Crippen LogP contribution < -0.4 is 5.73 Å². The second kappa shape index (κ2) is 5.07. The molecule has 1 atom stereocenters. The zero-order chi connectivity index (χ0) is 13.2. The van der Waals surface area contributed by atoms with E-state index in [2.05, 4.69) is 50.0 Å². The van der Waals surface area contributed by atoms with E-state index in [1.807, 2.05) is 12.3 Å². The number of benzene rings is 1. The Hall–Kier alpha value is -1.41. The number of fused-ring (bicyclic) bond motifs is 1. The fraction of sp³-hybridized carbons (Fsp3) is 0.438. The predicted molar refractivity (Wildman–Crippen MR) is 77.5 cm³/mol. The van der Waals surface area contributed by atoms with Crippen LogP contribution in [0.3, 0.4) is 0 Å². The standard InChI is InChI=1S/C16H22N2/c1-4-16(2,3)15(17)11-12-9-10-18-14-8-6-5-7-13(12)14/h5-10,15H,4,11,17H2,1-3H3. The summed E-state index contributed by atoms with van der Waals surface area (Å²) in [6.07, 6.45) is 3.88.